The maximum atomic E-state index is 12.6. The number of nitro benzene ring substituents is 1. The van der Waals surface area contributed by atoms with Crippen molar-refractivity contribution in [1.29, 1.82) is 0 Å². The van der Waals surface area contributed by atoms with Crippen molar-refractivity contribution >= 4 is 40.5 Å². The molecule has 0 aliphatic heterocycles. The molecule has 1 N–H and O–H groups in total. The van der Waals surface area contributed by atoms with Gasteiger partial charge in [-0.2, -0.15) is 4.98 Å². The number of nitro groups is 1. The summed E-state index contributed by atoms with van der Waals surface area (Å²) in [7, 11) is 0. The summed E-state index contributed by atoms with van der Waals surface area (Å²) in [5.41, 5.74) is 1.97. The molecule has 1 amide bonds. The molecule has 34 heavy (non-hydrogen) atoms. The SMILES string of the molecule is CCOc1nc(-c2ccc(Cl)c(Cl)c2)n(-c2cccc(NC(=O)c3ccc([N+](=O)[O-])cc3)c2)n1. The van der Waals surface area contributed by atoms with Gasteiger partial charge in [-0.3, -0.25) is 14.9 Å². The smallest absolute Gasteiger partial charge is 0.336 e. The number of ether oxygens (including phenoxy) is 1. The highest BCUT2D eigenvalue weighted by Gasteiger charge is 2.17. The van der Waals surface area contributed by atoms with Gasteiger partial charge >= 0.3 is 6.01 Å². The molecule has 0 bridgehead atoms. The van der Waals surface area contributed by atoms with E-state index >= 15 is 0 Å². The Hall–Kier alpha value is -3.95. The van der Waals surface area contributed by atoms with E-state index in [1.165, 1.54) is 24.3 Å². The summed E-state index contributed by atoms with van der Waals surface area (Å²) in [4.78, 5) is 27.4. The zero-order chi connectivity index (χ0) is 24.2. The van der Waals surface area contributed by atoms with Crippen molar-refractivity contribution in [2.45, 2.75) is 6.92 Å². The summed E-state index contributed by atoms with van der Waals surface area (Å²) < 4.78 is 7.06. The molecule has 0 saturated carbocycles. The molecule has 4 rings (SSSR count). The summed E-state index contributed by atoms with van der Waals surface area (Å²) in [5, 5.41) is 18.8. The van der Waals surface area contributed by atoms with E-state index in [1.54, 1.807) is 47.1 Å². The number of benzene rings is 3. The minimum atomic E-state index is -0.523. The number of aromatic nitrogens is 3. The molecule has 0 unspecified atom stereocenters. The third kappa shape index (κ3) is 5.00. The molecule has 3 aromatic carbocycles. The average Bonchev–Trinajstić information content (AvgIpc) is 3.25. The zero-order valence-corrected chi connectivity index (χ0v) is 19.2. The Bertz CT molecular complexity index is 1370. The fraction of sp³-hybridized carbons (Fsp3) is 0.0870. The molecule has 0 aliphatic carbocycles. The van der Waals surface area contributed by atoms with Gasteiger partial charge < -0.3 is 10.1 Å². The summed E-state index contributed by atoms with van der Waals surface area (Å²) >= 11 is 12.2. The van der Waals surface area contributed by atoms with Crippen LogP contribution in [0.25, 0.3) is 17.1 Å². The highest BCUT2D eigenvalue weighted by Crippen LogP contribution is 2.30. The van der Waals surface area contributed by atoms with E-state index in [2.05, 4.69) is 15.4 Å². The maximum Gasteiger partial charge on any atom is 0.336 e. The predicted molar refractivity (Wildman–Crippen MR) is 129 cm³/mol. The van der Waals surface area contributed by atoms with E-state index in [4.69, 9.17) is 27.9 Å². The second-order valence-electron chi connectivity index (χ2n) is 7.00. The van der Waals surface area contributed by atoms with E-state index < -0.39 is 10.8 Å². The standard InChI is InChI=1S/C23H17Cl2N5O4/c1-2-34-23-27-21(15-8-11-19(24)20(25)12-15)29(28-23)18-5-3-4-16(13-18)26-22(31)14-6-9-17(10-7-14)30(32)33/h3-13H,2H2,1H3,(H,26,31). The molecule has 4 aromatic rings. The molecule has 9 nitrogen and oxygen atoms in total. The van der Waals surface area contributed by atoms with Crippen molar-refractivity contribution in [3.8, 4) is 23.1 Å². The van der Waals surface area contributed by atoms with Crippen LogP contribution in [0, 0.1) is 10.1 Å². The van der Waals surface area contributed by atoms with Crippen LogP contribution in [0.3, 0.4) is 0 Å². The summed E-state index contributed by atoms with van der Waals surface area (Å²) in [6, 6.07) is 17.6. The Labute approximate surface area is 204 Å². The monoisotopic (exact) mass is 497 g/mol. The number of amides is 1. The number of nitrogens with zero attached hydrogens (tertiary/aromatic N) is 4. The van der Waals surface area contributed by atoms with Crippen LogP contribution in [-0.2, 0) is 0 Å². The van der Waals surface area contributed by atoms with Crippen LogP contribution >= 0.6 is 23.2 Å². The van der Waals surface area contributed by atoms with Gasteiger partial charge in [-0.25, -0.2) is 4.68 Å². The second kappa shape index (κ2) is 9.90. The molecular formula is C23H17Cl2N5O4. The molecule has 0 fully saturated rings. The number of rotatable bonds is 7. The van der Waals surface area contributed by atoms with Crippen molar-refractivity contribution < 1.29 is 14.5 Å². The minimum Gasteiger partial charge on any atom is -0.463 e. The van der Waals surface area contributed by atoms with Crippen molar-refractivity contribution in [2.24, 2.45) is 0 Å². The van der Waals surface area contributed by atoms with Crippen LogP contribution in [0.15, 0.2) is 66.7 Å². The van der Waals surface area contributed by atoms with Gasteiger partial charge in [0.2, 0.25) is 0 Å². The number of halogens is 2. The number of nitrogens with one attached hydrogen (secondary N) is 1. The van der Waals surface area contributed by atoms with E-state index in [-0.39, 0.29) is 17.3 Å². The predicted octanol–water partition coefficient (Wildman–Crippen LogP) is 5.80. The normalized spacial score (nSPS) is 10.7. The van der Waals surface area contributed by atoms with Gasteiger partial charge in [0.05, 0.1) is 27.3 Å². The van der Waals surface area contributed by atoms with Crippen LogP contribution in [0.4, 0.5) is 11.4 Å². The lowest BCUT2D eigenvalue weighted by Crippen LogP contribution is -2.12. The van der Waals surface area contributed by atoms with Gasteiger partial charge in [0, 0.05) is 28.9 Å². The summed E-state index contributed by atoms with van der Waals surface area (Å²) in [6.45, 7) is 2.21. The fourth-order valence-electron chi connectivity index (χ4n) is 3.14. The van der Waals surface area contributed by atoms with Crippen molar-refractivity contribution in [3.63, 3.8) is 0 Å². The lowest BCUT2D eigenvalue weighted by atomic mass is 10.2. The lowest BCUT2D eigenvalue weighted by molar-refractivity contribution is -0.384. The Morgan fingerprint density at radius 3 is 2.53 bits per heavy atom. The minimum absolute atomic E-state index is 0.0929. The topological polar surface area (TPSA) is 112 Å². The number of non-ortho nitro benzene ring substituents is 1. The highest BCUT2D eigenvalue weighted by atomic mass is 35.5. The first-order valence-corrected chi connectivity index (χ1v) is 10.8. The van der Waals surface area contributed by atoms with Crippen LogP contribution < -0.4 is 10.1 Å². The van der Waals surface area contributed by atoms with Gasteiger partial charge in [-0.1, -0.05) is 29.3 Å². The molecule has 0 saturated heterocycles. The molecule has 0 spiro atoms. The molecule has 0 atom stereocenters. The first-order chi connectivity index (χ1) is 16.4. The fourth-order valence-corrected chi connectivity index (χ4v) is 3.44. The van der Waals surface area contributed by atoms with Crippen molar-refractivity contribution in [3.05, 3.63) is 92.5 Å². The number of carbonyl (C=O) groups is 1. The van der Waals surface area contributed by atoms with E-state index in [1.807, 2.05) is 6.92 Å². The molecule has 0 aliphatic rings. The largest absolute Gasteiger partial charge is 0.463 e. The first-order valence-electron chi connectivity index (χ1n) is 10.1. The van der Waals surface area contributed by atoms with Gasteiger partial charge in [-0.05, 0) is 55.5 Å². The lowest BCUT2D eigenvalue weighted by Gasteiger charge is -2.10. The van der Waals surface area contributed by atoms with E-state index in [0.717, 1.165) is 0 Å². The number of hydrogen-bond acceptors (Lipinski definition) is 6. The van der Waals surface area contributed by atoms with Crippen LogP contribution in [0.5, 0.6) is 6.01 Å². The second-order valence-corrected chi connectivity index (χ2v) is 7.81. The average molecular weight is 498 g/mol. The third-order valence-corrected chi connectivity index (χ3v) is 5.47. The van der Waals surface area contributed by atoms with Crippen molar-refractivity contribution in [2.75, 3.05) is 11.9 Å². The van der Waals surface area contributed by atoms with Crippen LogP contribution in [0.1, 0.15) is 17.3 Å². The van der Waals surface area contributed by atoms with Crippen molar-refractivity contribution in [1.82, 2.24) is 14.8 Å². The molecule has 1 aromatic heterocycles. The summed E-state index contributed by atoms with van der Waals surface area (Å²) in [5.74, 6) is 0.0613. The quantitative estimate of drug-likeness (QED) is 0.255. The summed E-state index contributed by atoms with van der Waals surface area (Å²) in [6.07, 6.45) is 0. The zero-order valence-electron chi connectivity index (χ0n) is 17.7. The molecular weight excluding hydrogens is 481 g/mol. The van der Waals surface area contributed by atoms with Gasteiger partial charge in [0.25, 0.3) is 11.6 Å². The van der Waals surface area contributed by atoms with E-state index in [9.17, 15) is 14.9 Å². The van der Waals surface area contributed by atoms with Crippen LogP contribution in [0.2, 0.25) is 10.0 Å². The van der Waals surface area contributed by atoms with E-state index in [0.29, 0.717) is 39.4 Å². The molecule has 11 heteroatoms. The van der Waals surface area contributed by atoms with Crippen LogP contribution in [-0.4, -0.2) is 32.2 Å². The first kappa shape index (κ1) is 23.2. The number of anilines is 1. The van der Waals surface area contributed by atoms with Gasteiger partial charge in [-0.15, -0.1) is 5.10 Å². The van der Waals surface area contributed by atoms with Gasteiger partial charge in [0.1, 0.15) is 0 Å². The molecule has 172 valence electrons. The Kier molecular flexibility index (Phi) is 6.76. The molecule has 1 heterocycles. The molecule has 0 radical (unpaired) electrons. The van der Waals surface area contributed by atoms with Gasteiger partial charge in [0.15, 0.2) is 5.82 Å². The number of carbonyl (C=O) groups excluding carboxylic acids is 1. The Morgan fingerprint density at radius 2 is 1.85 bits per heavy atom. The Balaban J connectivity index is 1.66. The number of hydrogen-bond donors (Lipinski definition) is 1. The third-order valence-electron chi connectivity index (χ3n) is 4.73. The maximum absolute atomic E-state index is 12.6. The Morgan fingerprint density at radius 1 is 1.09 bits per heavy atom. The highest BCUT2D eigenvalue weighted by molar-refractivity contribution is 6.42.